The molecule has 0 aromatic heterocycles. The fourth-order valence-electron chi connectivity index (χ4n) is 2.06. The highest BCUT2D eigenvalue weighted by molar-refractivity contribution is 6.05. The van der Waals surface area contributed by atoms with Crippen molar-refractivity contribution in [2.24, 2.45) is 0 Å². The molecule has 0 radical (unpaired) electrons. The van der Waals surface area contributed by atoms with Crippen molar-refractivity contribution in [3.63, 3.8) is 0 Å². The van der Waals surface area contributed by atoms with E-state index in [-0.39, 0.29) is 24.7 Å². The van der Waals surface area contributed by atoms with E-state index >= 15 is 0 Å². The Bertz CT molecular complexity index is 329. The number of carboxylic acid groups (broad SMARTS) is 1. The summed E-state index contributed by atoms with van der Waals surface area (Å²) < 4.78 is 0. The van der Waals surface area contributed by atoms with E-state index in [9.17, 15) is 14.4 Å². The predicted octanol–water partition coefficient (Wildman–Crippen LogP) is -0.0696. The first kappa shape index (κ1) is 13.6. The van der Waals surface area contributed by atoms with E-state index in [1.807, 2.05) is 6.92 Å². The number of hydrogen-bond acceptors (Lipinski definition) is 4. The van der Waals surface area contributed by atoms with Crippen molar-refractivity contribution in [3.05, 3.63) is 0 Å². The van der Waals surface area contributed by atoms with Gasteiger partial charge >= 0.3 is 5.97 Å². The number of carboxylic acids is 1. The van der Waals surface area contributed by atoms with Crippen molar-refractivity contribution >= 4 is 17.8 Å². The summed E-state index contributed by atoms with van der Waals surface area (Å²) in [7, 11) is 0. The van der Waals surface area contributed by atoms with Gasteiger partial charge in [-0.3, -0.25) is 24.2 Å². The molecule has 0 spiro atoms. The van der Waals surface area contributed by atoms with Gasteiger partial charge in [0.05, 0.1) is 18.9 Å². The molecule has 1 heterocycles. The number of carbonyl (C=O) groups is 3. The van der Waals surface area contributed by atoms with Crippen molar-refractivity contribution in [2.75, 3.05) is 19.6 Å². The molecule has 1 aliphatic heterocycles. The second-order valence-electron chi connectivity index (χ2n) is 3.97. The molecule has 1 aliphatic rings. The Morgan fingerprint density at radius 2 is 2.12 bits per heavy atom. The lowest BCUT2D eigenvalue weighted by molar-refractivity contribution is -0.141. The minimum absolute atomic E-state index is 0.0159. The highest BCUT2D eigenvalue weighted by Crippen LogP contribution is 2.18. The van der Waals surface area contributed by atoms with Crippen molar-refractivity contribution in [2.45, 2.75) is 32.7 Å². The summed E-state index contributed by atoms with van der Waals surface area (Å²) >= 11 is 0. The maximum Gasteiger partial charge on any atom is 0.304 e. The monoisotopic (exact) mass is 242 g/mol. The first-order valence-electron chi connectivity index (χ1n) is 5.81. The molecule has 1 unspecified atom stereocenters. The van der Waals surface area contributed by atoms with Crippen LogP contribution in [-0.2, 0) is 14.4 Å². The van der Waals surface area contributed by atoms with Gasteiger partial charge < -0.3 is 5.11 Å². The number of likely N-dealkylation sites (tertiary alicyclic amines) is 1. The molecule has 0 bridgehead atoms. The third kappa shape index (κ3) is 3.03. The molecule has 1 fully saturated rings. The van der Waals surface area contributed by atoms with Crippen LogP contribution >= 0.6 is 0 Å². The smallest absolute Gasteiger partial charge is 0.304 e. The number of aliphatic carboxylic acids is 1. The van der Waals surface area contributed by atoms with Crippen LogP contribution in [0.25, 0.3) is 0 Å². The summed E-state index contributed by atoms with van der Waals surface area (Å²) in [6.45, 7) is 4.85. The normalized spacial score (nSPS) is 20.4. The van der Waals surface area contributed by atoms with E-state index in [0.717, 1.165) is 0 Å². The number of imide groups is 1. The van der Waals surface area contributed by atoms with Crippen LogP contribution in [-0.4, -0.2) is 58.4 Å². The van der Waals surface area contributed by atoms with E-state index < -0.39 is 12.0 Å². The highest BCUT2D eigenvalue weighted by atomic mass is 16.4. The van der Waals surface area contributed by atoms with Crippen LogP contribution in [0.2, 0.25) is 0 Å². The quantitative estimate of drug-likeness (QED) is 0.660. The van der Waals surface area contributed by atoms with Gasteiger partial charge in [-0.1, -0.05) is 6.92 Å². The zero-order chi connectivity index (χ0) is 13.0. The molecule has 2 amide bonds. The summed E-state index contributed by atoms with van der Waals surface area (Å²) in [4.78, 5) is 37.0. The van der Waals surface area contributed by atoms with Crippen LogP contribution in [0.15, 0.2) is 0 Å². The molecule has 6 nitrogen and oxygen atoms in total. The highest BCUT2D eigenvalue weighted by Gasteiger charge is 2.40. The van der Waals surface area contributed by atoms with Crippen LogP contribution < -0.4 is 0 Å². The Morgan fingerprint density at radius 3 is 2.53 bits per heavy atom. The number of hydrogen-bond donors (Lipinski definition) is 1. The van der Waals surface area contributed by atoms with Crippen molar-refractivity contribution in [1.82, 2.24) is 9.80 Å². The second kappa shape index (κ2) is 5.77. The molecular weight excluding hydrogens is 224 g/mol. The van der Waals surface area contributed by atoms with Crippen molar-refractivity contribution < 1.29 is 19.5 Å². The van der Waals surface area contributed by atoms with Gasteiger partial charge in [0, 0.05) is 13.1 Å². The van der Waals surface area contributed by atoms with Gasteiger partial charge in [-0.15, -0.1) is 0 Å². The van der Waals surface area contributed by atoms with Crippen LogP contribution in [0.1, 0.15) is 26.7 Å². The number of amides is 2. The number of carbonyl (C=O) groups excluding carboxylic acids is 2. The summed E-state index contributed by atoms with van der Waals surface area (Å²) in [5.41, 5.74) is 0. The maximum atomic E-state index is 11.9. The Hall–Kier alpha value is -1.43. The fraction of sp³-hybridized carbons (Fsp3) is 0.727. The molecule has 0 aliphatic carbocycles. The van der Waals surface area contributed by atoms with E-state index in [4.69, 9.17) is 5.11 Å². The van der Waals surface area contributed by atoms with Crippen LogP contribution in [0.3, 0.4) is 0 Å². The first-order chi connectivity index (χ1) is 8.01. The lowest BCUT2D eigenvalue weighted by Gasteiger charge is -2.24. The zero-order valence-electron chi connectivity index (χ0n) is 10.2. The number of nitrogens with zero attached hydrogens (tertiary/aromatic N) is 2. The topological polar surface area (TPSA) is 77.9 Å². The summed E-state index contributed by atoms with van der Waals surface area (Å²) in [5.74, 6) is -1.27. The molecular formula is C11H18N2O4. The standard InChI is InChI=1S/C11H18N2O4/c1-3-12(6-5-10(15)16)8-7-9(14)13(4-2)11(8)17/h8H,3-7H2,1-2H3,(H,15,16). The SMILES string of the molecule is CCN1C(=O)CC(N(CC)CCC(=O)O)C1=O. The van der Waals surface area contributed by atoms with Gasteiger partial charge in [0.25, 0.3) is 0 Å². The predicted molar refractivity (Wildman–Crippen MR) is 60.3 cm³/mol. The van der Waals surface area contributed by atoms with Gasteiger partial charge in [-0.2, -0.15) is 0 Å². The third-order valence-electron chi connectivity index (χ3n) is 3.00. The van der Waals surface area contributed by atoms with Crippen molar-refractivity contribution in [3.8, 4) is 0 Å². The van der Waals surface area contributed by atoms with Crippen LogP contribution in [0, 0.1) is 0 Å². The van der Waals surface area contributed by atoms with E-state index in [1.165, 1.54) is 4.90 Å². The van der Waals surface area contributed by atoms with Gasteiger partial charge in [0.15, 0.2) is 0 Å². The molecule has 96 valence electrons. The molecule has 6 heteroatoms. The molecule has 17 heavy (non-hydrogen) atoms. The van der Waals surface area contributed by atoms with Crippen molar-refractivity contribution in [1.29, 1.82) is 0 Å². The second-order valence-corrected chi connectivity index (χ2v) is 3.97. The molecule has 1 rings (SSSR count). The Labute approximate surface area is 100 Å². The minimum atomic E-state index is -0.896. The van der Waals surface area contributed by atoms with Gasteiger partial charge in [-0.25, -0.2) is 0 Å². The van der Waals surface area contributed by atoms with E-state index in [2.05, 4.69) is 0 Å². The van der Waals surface area contributed by atoms with E-state index in [0.29, 0.717) is 19.6 Å². The molecule has 0 aromatic carbocycles. The first-order valence-corrected chi connectivity index (χ1v) is 5.81. The van der Waals surface area contributed by atoms with Gasteiger partial charge in [0.2, 0.25) is 11.8 Å². The van der Waals surface area contributed by atoms with E-state index in [1.54, 1.807) is 11.8 Å². The van der Waals surface area contributed by atoms with Crippen LogP contribution in [0.4, 0.5) is 0 Å². The molecule has 1 N–H and O–H groups in total. The minimum Gasteiger partial charge on any atom is -0.481 e. The largest absolute Gasteiger partial charge is 0.481 e. The average Bonchev–Trinajstić information content (AvgIpc) is 2.55. The Morgan fingerprint density at radius 1 is 1.47 bits per heavy atom. The Balaban J connectivity index is 2.67. The molecule has 1 saturated heterocycles. The molecule has 0 aromatic rings. The third-order valence-corrected chi connectivity index (χ3v) is 3.00. The summed E-state index contributed by atoms with van der Waals surface area (Å²) in [6, 6.07) is -0.480. The molecule has 1 atom stereocenters. The molecule has 0 saturated carbocycles. The summed E-state index contributed by atoms with van der Waals surface area (Å²) in [6.07, 6.45) is 0.151. The lowest BCUT2D eigenvalue weighted by atomic mass is 10.2. The zero-order valence-corrected chi connectivity index (χ0v) is 10.2. The summed E-state index contributed by atoms with van der Waals surface area (Å²) in [5, 5.41) is 8.63. The van der Waals surface area contributed by atoms with Crippen LogP contribution in [0.5, 0.6) is 0 Å². The fourth-order valence-corrected chi connectivity index (χ4v) is 2.06. The van der Waals surface area contributed by atoms with Gasteiger partial charge in [0.1, 0.15) is 0 Å². The average molecular weight is 242 g/mol. The van der Waals surface area contributed by atoms with Gasteiger partial charge in [-0.05, 0) is 13.5 Å². The number of likely N-dealkylation sites (N-methyl/N-ethyl adjacent to an activating group) is 2. The number of rotatable bonds is 6. The lowest BCUT2D eigenvalue weighted by Crippen LogP contribution is -2.42. The maximum absolute atomic E-state index is 11.9. The Kier molecular flexibility index (Phi) is 4.62.